The summed E-state index contributed by atoms with van der Waals surface area (Å²) in [5, 5.41) is 9.22. The molecule has 96 valence electrons. The second-order valence-corrected chi connectivity index (χ2v) is 4.99. The summed E-state index contributed by atoms with van der Waals surface area (Å²) in [6, 6.07) is 5.24. The van der Waals surface area contributed by atoms with Crippen molar-refractivity contribution < 1.29 is 14.7 Å². The van der Waals surface area contributed by atoms with E-state index in [4.69, 9.17) is 16.7 Å². The van der Waals surface area contributed by atoms with Crippen LogP contribution >= 0.6 is 11.6 Å². The van der Waals surface area contributed by atoms with Crippen molar-refractivity contribution in [3.63, 3.8) is 0 Å². The molecule has 0 bridgehead atoms. The summed E-state index contributed by atoms with van der Waals surface area (Å²) >= 11 is 5.97. The Bertz CT molecular complexity index is 495. The van der Waals surface area contributed by atoms with E-state index in [2.05, 4.69) is 0 Å². The minimum atomic E-state index is -0.814. The largest absolute Gasteiger partial charge is 0.481 e. The molecule has 0 aromatic heterocycles. The van der Waals surface area contributed by atoms with Crippen molar-refractivity contribution >= 4 is 23.5 Å². The number of carboxylic acids is 1. The summed E-state index contributed by atoms with van der Waals surface area (Å²) in [5.74, 6) is -0.811. The van der Waals surface area contributed by atoms with Gasteiger partial charge >= 0.3 is 5.97 Å². The van der Waals surface area contributed by atoms with Crippen molar-refractivity contribution in [2.45, 2.75) is 13.3 Å². The van der Waals surface area contributed by atoms with E-state index in [1.54, 1.807) is 23.1 Å². The normalized spacial score (nSPS) is 15.3. The fraction of sp³-hybridized carbons (Fsp3) is 0.385. The molecule has 1 aromatic carbocycles. The summed E-state index contributed by atoms with van der Waals surface area (Å²) in [4.78, 5) is 24.3. The average Bonchev–Trinajstić information content (AvgIpc) is 2.25. The van der Waals surface area contributed by atoms with Gasteiger partial charge in [0, 0.05) is 29.6 Å². The molecule has 1 aliphatic heterocycles. The number of carbonyl (C=O) groups is 2. The number of halogens is 1. The molecule has 1 fully saturated rings. The first-order chi connectivity index (χ1) is 8.49. The molecule has 0 atom stereocenters. The third-order valence-corrected chi connectivity index (χ3v) is 3.62. The van der Waals surface area contributed by atoms with Crippen LogP contribution in [-0.4, -0.2) is 35.0 Å². The Labute approximate surface area is 110 Å². The van der Waals surface area contributed by atoms with Gasteiger partial charge in [-0.2, -0.15) is 0 Å². The zero-order valence-electron chi connectivity index (χ0n) is 10.0. The number of carbonyl (C=O) groups excluding carboxylic acids is 1. The highest BCUT2D eigenvalue weighted by Crippen LogP contribution is 2.25. The minimum Gasteiger partial charge on any atom is -0.481 e. The molecule has 2 rings (SSSR count). The smallest absolute Gasteiger partial charge is 0.303 e. The summed E-state index contributed by atoms with van der Waals surface area (Å²) in [5.41, 5.74) is 1.36. The van der Waals surface area contributed by atoms with E-state index < -0.39 is 5.97 Å². The number of aliphatic carboxylic acids is 1. The van der Waals surface area contributed by atoms with Crippen LogP contribution in [0, 0.1) is 12.8 Å². The minimum absolute atomic E-state index is 0.0726. The van der Waals surface area contributed by atoms with Gasteiger partial charge in [-0.25, -0.2) is 0 Å². The SMILES string of the molecule is Cc1c(Cl)cccc1C(=O)N1CC(CC(=O)O)C1. The number of carboxylic acid groups (broad SMARTS) is 1. The highest BCUT2D eigenvalue weighted by Gasteiger charge is 2.33. The Kier molecular flexibility index (Phi) is 3.57. The molecule has 4 nitrogen and oxygen atoms in total. The number of hydrogen-bond donors (Lipinski definition) is 1. The third kappa shape index (κ3) is 2.48. The van der Waals surface area contributed by atoms with Crippen LogP contribution in [0.25, 0.3) is 0 Å². The van der Waals surface area contributed by atoms with Crippen LogP contribution in [0.2, 0.25) is 5.02 Å². The zero-order chi connectivity index (χ0) is 13.3. The van der Waals surface area contributed by atoms with E-state index in [1.165, 1.54) is 0 Å². The van der Waals surface area contributed by atoms with Gasteiger partial charge in [0.25, 0.3) is 5.91 Å². The number of amides is 1. The fourth-order valence-corrected chi connectivity index (χ4v) is 2.30. The molecule has 1 saturated heterocycles. The van der Waals surface area contributed by atoms with Gasteiger partial charge < -0.3 is 10.0 Å². The standard InChI is InChI=1S/C13H14ClNO3/c1-8-10(3-2-4-11(8)14)13(18)15-6-9(7-15)5-12(16)17/h2-4,9H,5-7H2,1H3,(H,16,17). The van der Waals surface area contributed by atoms with Crippen molar-refractivity contribution in [3.8, 4) is 0 Å². The first-order valence-corrected chi connectivity index (χ1v) is 6.13. The Morgan fingerprint density at radius 2 is 2.11 bits per heavy atom. The molecule has 0 spiro atoms. The molecule has 1 N–H and O–H groups in total. The average molecular weight is 268 g/mol. The first-order valence-electron chi connectivity index (χ1n) is 5.75. The monoisotopic (exact) mass is 267 g/mol. The maximum absolute atomic E-state index is 12.2. The van der Waals surface area contributed by atoms with E-state index in [-0.39, 0.29) is 18.2 Å². The predicted molar refractivity (Wildman–Crippen MR) is 67.8 cm³/mol. The van der Waals surface area contributed by atoms with Crippen molar-refractivity contribution in [1.29, 1.82) is 0 Å². The Balaban J connectivity index is 2.02. The molecule has 0 unspecified atom stereocenters. The molecule has 1 aliphatic rings. The van der Waals surface area contributed by atoms with Crippen LogP contribution in [0.1, 0.15) is 22.3 Å². The Morgan fingerprint density at radius 1 is 1.44 bits per heavy atom. The van der Waals surface area contributed by atoms with Crippen LogP contribution in [0.3, 0.4) is 0 Å². The summed E-state index contributed by atoms with van der Waals surface area (Å²) in [7, 11) is 0. The van der Waals surface area contributed by atoms with Crippen LogP contribution < -0.4 is 0 Å². The van der Waals surface area contributed by atoms with Crippen molar-refractivity contribution in [1.82, 2.24) is 4.90 Å². The second kappa shape index (κ2) is 4.98. The van der Waals surface area contributed by atoms with Gasteiger partial charge in [-0.15, -0.1) is 0 Å². The molecule has 0 saturated carbocycles. The van der Waals surface area contributed by atoms with Crippen LogP contribution in [0.4, 0.5) is 0 Å². The predicted octanol–water partition coefficient (Wildman–Crippen LogP) is 2.20. The van der Waals surface area contributed by atoms with Gasteiger partial charge in [-0.1, -0.05) is 17.7 Å². The molecule has 18 heavy (non-hydrogen) atoms. The maximum Gasteiger partial charge on any atom is 0.303 e. The third-order valence-electron chi connectivity index (χ3n) is 3.21. The number of hydrogen-bond acceptors (Lipinski definition) is 2. The number of nitrogens with zero attached hydrogens (tertiary/aromatic N) is 1. The summed E-state index contributed by atoms with van der Waals surface area (Å²) < 4.78 is 0. The van der Waals surface area contributed by atoms with Crippen LogP contribution in [0.15, 0.2) is 18.2 Å². The lowest BCUT2D eigenvalue weighted by Crippen LogP contribution is -2.50. The maximum atomic E-state index is 12.2. The summed E-state index contributed by atoms with van der Waals surface area (Å²) in [6.45, 7) is 2.83. The molecule has 5 heteroatoms. The van der Waals surface area contributed by atoms with Gasteiger partial charge in [-0.3, -0.25) is 9.59 Å². The van der Waals surface area contributed by atoms with Gasteiger partial charge in [0.05, 0.1) is 6.42 Å². The van der Waals surface area contributed by atoms with Gasteiger partial charge in [0.1, 0.15) is 0 Å². The Hall–Kier alpha value is -1.55. The number of likely N-dealkylation sites (tertiary alicyclic amines) is 1. The lowest BCUT2D eigenvalue weighted by Gasteiger charge is -2.38. The lowest BCUT2D eigenvalue weighted by molar-refractivity contribution is -0.139. The number of rotatable bonds is 3. The van der Waals surface area contributed by atoms with Crippen LogP contribution in [0.5, 0.6) is 0 Å². The van der Waals surface area contributed by atoms with E-state index in [9.17, 15) is 9.59 Å². The Morgan fingerprint density at radius 3 is 2.72 bits per heavy atom. The van der Waals surface area contributed by atoms with E-state index >= 15 is 0 Å². The molecular weight excluding hydrogens is 254 g/mol. The highest BCUT2D eigenvalue weighted by atomic mass is 35.5. The van der Waals surface area contributed by atoms with Gasteiger partial charge in [0.15, 0.2) is 0 Å². The van der Waals surface area contributed by atoms with Gasteiger partial charge in [-0.05, 0) is 24.6 Å². The van der Waals surface area contributed by atoms with E-state index in [0.717, 1.165) is 5.56 Å². The lowest BCUT2D eigenvalue weighted by atomic mass is 9.95. The van der Waals surface area contributed by atoms with Gasteiger partial charge in [0.2, 0.25) is 0 Å². The first kappa shape index (κ1) is 12.9. The molecule has 1 heterocycles. The van der Waals surface area contributed by atoms with Crippen molar-refractivity contribution in [2.75, 3.05) is 13.1 Å². The molecular formula is C13H14ClNO3. The van der Waals surface area contributed by atoms with E-state index in [0.29, 0.717) is 23.7 Å². The quantitative estimate of drug-likeness (QED) is 0.913. The molecule has 1 aromatic rings. The number of benzene rings is 1. The highest BCUT2D eigenvalue weighted by molar-refractivity contribution is 6.31. The fourth-order valence-electron chi connectivity index (χ4n) is 2.12. The second-order valence-electron chi connectivity index (χ2n) is 4.59. The van der Waals surface area contributed by atoms with Crippen molar-refractivity contribution in [2.24, 2.45) is 5.92 Å². The topological polar surface area (TPSA) is 57.6 Å². The van der Waals surface area contributed by atoms with Crippen LogP contribution in [-0.2, 0) is 4.79 Å². The van der Waals surface area contributed by atoms with Crippen molar-refractivity contribution in [3.05, 3.63) is 34.3 Å². The van der Waals surface area contributed by atoms with E-state index in [1.807, 2.05) is 6.92 Å². The molecule has 1 amide bonds. The summed E-state index contributed by atoms with van der Waals surface area (Å²) in [6.07, 6.45) is 0.123. The molecule has 0 radical (unpaired) electrons. The molecule has 0 aliphatic carbocycles. The zero-order valence-corrected chi connectivity index (χ0v) is 10.8.